The number of rotatable bonds is 5. The van der Waals surface area contributed by atoms with Crippen molar-refractivity contribution in [3.05, 3.63) is 18.3 Å². The summed E-state index contributed by atoms with van der Waals surface area (Å²) in [6.45, 7) is 5.46. The first-order valence-electron chi connectivity index (χ1n) is 7.12. The Morgan fingerprint density at radius 2 is 2.10 bits per heavy atom. The number of hydrogen-bond donors (Lipinski definition) is 1. The maximum absolute atomic E-state index is 12.8. The molecule has 1 aromatic rings. The maximum Gasteiger partial charge on any atom is 0.262 e. The van der Waals surface area contributed by atoms with E-state index in [1.165, 1.54) is 6.20 Å². The van der Waals surface area contributed by atoms with E-state index >= 15 is 0 Å². The Morgan fingerprint density at radius 1 is 1.40 bits per heavy atom. The average molecular weight is 297 g/mol. The third kappa shape index (κ3) is 2.54. The molecular weight excluding hydrogens is 274 g/mol. The SMILES string of the molecule is CCC1(CC)CCN(S(=O)(=O)c2ncccc2NC)C1. The van der Waals surface area contributed by atoms with Gasteiger partial charge in [0.25, 0.3) is 10.0 Å². The molecule has 6 heteroatoms. The first-order valence-corrected chi connectivity index (χ1v) is 8.56. The standard InChI is InChI=1S/C14H23N3O2S/c1-4-14(5-2)8-10-17(11-14)20(18,19)13-12(15-3)7-6-9-16-13/h6-7,9,15H,4-5,8,10-11H2,1-3H3. The number of aromatic nitrogens is 1. The Kier molecular flexibility index (Phi) is 4.34. The van der Waals surface area contributed by atoms with Gasteiger partial charge >= 0.3 is 0 Å². The molecule has 1 saturated heterocycles. The highest BCUT2D eigenvalue weighted by atomic mass is 32.2. The van der Waals surface area contributed by atoms with Crippen LogP contribution in [0.3, 0.4) is 0 Å². The van der Waals surface area contributed by atoms with E-state index in [9.17, 15) is 8.42 Å². The molecule has 1 aliphatic rings. The van der Waals surface area contributed by atoms with Crippen LogP contribution in [0, 0.1) is 5.41 Å². The van der Waals surface area contributed by atoms with Gasteiger partial charge in [-0.2, -0.15) is 4.31 Å². The highest BCUT2D eigenvalue weighted by molar-refractivity contribution is 7.89. The number of nitrogens with one attached hydrogen (secondary N) is 1. The van der Waals surface area contributed by atoms with Crippen LogP contribution in [0.25, 0.3) is 0 Å². The van der Waals surface area contributed by atoms with E-state index in [2.05, 4.69) is 24.1 Å². The van der Waals surface area contributed by atoms with Crippen molar-refractivity contribution in [1.29, 1.82) is 0 Å². The van der Waals surface area contributed by atoms with Crippen molar-refractivity contribution in [1.82, 2.24) is 9.29 Å². The van der Waals surface area contributed by atoms with Crippen molar-refractivity contribution in [2.24, 2.45) is 5.41 Å². The third-order valence-electron chi connectivity index (χ3n) is 4.53. The predicted molar refractivity (Wildman–Crippen MR) is 80.2 cm³/mol. The van der Waals surface area contributed by atoms with E-state index in [0.29, 0.717) is 18.8 Å². The van der Waals surface area contributed by atoms with Crippen molar-refractivity contribution in [2.45, 2.75) is 38.1 Å². The first-order chi connectivity index (χ1) is 9.49. The number of anilines is 1. The molecule has 0 aliphatic carbocycles. The van der Waals surface area contributed by atoms with Gasteiger partial charge in [0.2, 0.25) is 0 Å². The minimum absolute atomic E-state index is 0.127. The van der Waals surface area contributed by atoms with Crippen LogP contribution in [0.5, 0.6) is 0 Å². The summed E-state index contributed by atoms with van der Waals surface area (Å²) in [7, 11) is -1.80. The zero-order chi connectivity index (χ0) is 14.8. The van der Waals surface area contributed by atoms with Gasteiger partial charge in [-0.3, -0.25) is 0 Å². The van der Waals surface area contributed by atoms with Crippen molar-refractivity contribution in [3.63, 3.8) is 0 Å². The highest BCUT2D eigenvalue weighted by Gasteiger charge is 2.41. The van der Waals surface area contributed by atoms with Gasteiger partial charge in [0.15, 0.2) is 5.03 Å². The fourth-order valence-electron chi connectivity index (χ4n) is 2.84. The highest BCUT2D eigenvalue weighted by Crippen LogP contribution is 2.39. The molecule has 1 aromatic heterocycles. The topological polar surface area (TPSA) is 62.3 Å². The summed E-state index contributed by atoms with van der Waals surface area (Å²) in [6.07, 6.45) is 4.48. The molecule has 5 nitrogen and oxygen atoms in total. The predicted octanol–water partition coefficient (Wildman–Crippen LogP) is 2.32. The maximum atomic E-state index is 12.8. The van der Waals surface area contributed by atoms with Crippen LogP contribution in [0.15, 0.2) is 23.4 Å². The summed E-state index contributed by atoms with van der Waals surface area (Å²) in [5, 5.41) is 3.04. The van der Waals surface area contributed by atoms with Crippen LogP contribution in [0.1, 0.15) is 33.1 Å². The second kappa shape index (κ2) is 5.69. The normalized spacial score (nSPS) is 19.1. The second-order valence-corrected chi connectivity index (χ2v) is 7.26. The molecule has 0 atom stereocenters. The Morgan fingerprint density at radius 3 is 2.65 bits per heavy atom. The molecule has 1 fully saturated rings. The lowest BCUT2D eigenvalue weighted by atomic mass is 9.82. The fraction of sp³-hybridized carbons (Fsp3) is 0.643. The lowest BCUT2D eigenvalue weighted by Gasteiger charge is -2.26. The minimum Gasteiger partial charge on any atom is -0.386 e. The zero-order valence-corrected chi connectivity index (χ0v) is 13.2. The summed E-state index contributed by atoms with van der Waals surface area (Å²) in [4.78, 5) is 4.07. The van der Waals surface area contributed by atoms with E-state index in [4.69, 9.17) is 0 Å². The van der Waals surface area contributed by atoms with Crippen LogP contribution in [0.4, 0.5) is 5.69 Å². The van der Waals surface area contributed by atoms with Crippen molar-refractivity contribution < 1.29 is 8.42 Å². The fourth-order valence-corrected chi connectivity index (χ4v) is 4.50. The van der Waals surface area contributed by atoms with Gasteiger partial charge in [-0.25, -0.2) is 13.4 Å². The monoisotopic (exact) mass is 297 g/mol. The Hall–Kier alpha value is -1.14. The average Bonchev–Trinajstić information content (AvgIpc) is 2.93. The molecule has 0 spiro atoms. The van der Waals surface area contributed by atoms with Crippen molar-refractivity contribution in [2.75, 3.05) is 25.5 Å². The van der Waals surface area contributed by atoms with E-state index in [-0.39, 0.29) is 10.4 Å². The number of hydrogen-bond acceptors (Lipinski definition) is 4. The molecule has 2 rings (SSSR count). The molecular formula is C14H23N3O2S. The van der Waals surface area contributed by atoms with E-state index in [1.54, 1.807) is 23.5 Å². The van der Waals surface area contributed by atoms with Crippen LogP contribution < -0.4 is 5.32 Å². The molecule has 112 valence electrons. The summed E-state index contributed by atoms with van der Waals surface area (Å²) >= 11 is 0. The molecule has 0 radical (unpaired) electrons. The van der Waals surface area contributed by atoms with Gasteiger partial charge in [0.1, 0.15) is 0 Å². The molecule has 1 N–H and O–H groups in total. The molecule has 2 heterocycles. The van der Waals surface area contributed by atoms with Crippen molar-refractivity contribution in [3.8, 4) is 0 Å². The lowest BCUT2D eigenvalue weighted by Crippen LogP contribution is -2.32. The van der Waals surface area contributed by atoms with Crippen LogP contribution in [-0.4, -0.2) is 37.8 Å². The third-order valence-corrected chi connectivity index (χ3v) is 6.33. The van der Waals surface area contributed by atoms with Crippen molar-refractivity contribution >= 4 is 15.7 Å². The quantitative estimate of drug-likeness (QED) is 0.906. The van der Waals surface area contributed by atoms with Gasteiger partial charge in [0.05, 0.1) is 5.69 Å². The van der Waals surface area contributed by atoms with E-state index in [1.807, 2.05) is 0 Å². The van der Waals surface area contributed by atoms with Gasteiger partial charge in [-0.1, -0.05) is 13.8 Å². The zero-order valence-electron chi connectivity index (χ0n) is 12.4. The van der Waals surface area contributed by atoms with Gasteiger partial charge in [0, 0.05) is 26.3 Å². The molecule has 0 saturated carbocycles. The Bertz CT molecular complexity index is 568. The van der Waals surface area contributed by atoms with Gasteiger partial charge in [-0.15, -0.1) is 0 Å². The molecule has 0 amide bonds. The Balaban J connectivity index is 2.33. The van der Waals surface area contributed by atoms with Crippen LogP contribution in [-0.2, 0) is 10.0 Å². The van der Waals surface area contributed by atoms with Gasteiger partial charge < -0.3 is 5.32 Å². The molecule has 0 aromatic carbocycles. The smallest absolute Gasteiger partial charge is 0.262 e. The summed E-state index contributed by atoms with van der Waals surface area (Å²) in [5.41, 5.74) is 0.680. The largest absolute Gasteiger partial charge is 0.386 e. The molecule has 0 unspecified atom stereocenters. The number of nitrogens with zero attached hydrogens (tertiary/aromatic N) is 2. The lowest BCUT2D eigenvalue weighted by molar-refractivity contribution is 0.279. The minimum atomic E-state index is -3.51. The summed E-state index contributed by atoms with van der Waals surface area (Å²) in [6, 6.07) is 3.47. The van der Waals surface area contributed by atoms with Crippen LogP contribution >= 0.6 is 0 Å². The van der Waals surface area contributed by atoms with Gasteiger partial charge in [-0.05, 0) is 36.8 Å². The summed E-state index contributed by atoms with van der Waals surface area (Å²) < 4.78 is 27.1. The summed E-state index contributed by atoms with van der Waals surface area (Å²) in [5.74, 6) is 0. The molecule has 1 aliphatic heterocycles. The van der Waals surface area contributed by atoms with Crippen LogP contribution in [0.2, 0.25) is 0 Å². The van der Waals surface area contributed by atoms with E-state index < -0.39 is 10.0 Å². The molecule has 0 bridgehead atoms. The number of pyridine rings is 1. The van der Waals surface area contributed by atoms with E-state index in [0.717, 1.165) is 19.3 Å². The second-order valence-electron chi connectivity index (χ2n) is 5.40. The number of sulfonamides is 1. The molecule has 20 heavy (non-hydrogen) atoms. The Labute approximate surface area is 121 Å². The first kappa shape index (κ1) is 15.3.